The van der Waals surface area contributed by atoms with Crippen LogP contribution in [0.15, 0.2) is 77.2 Å². The van der Waals surface area contributed by atoms with Gasteiger partial charge in [0.25, 0.3) is 0 Å². The largest absolute Gasteiger partial charge is 0.489 e. The SMILES string of the molecule is Cc1ccc(/C=C/C(=O)NCc2cccc(COc3ccccc3)c2)o1. The highest BCUT2D eigenvalue weighted by Gasteiger charge is 2.01. The van der Waals surface area contributed by atoms with Crippen LogP contribution in [0.4, 0.5) is 0 Å². The minimum Gasteiger partial charge on any atom is -0.489 e. The molecule has 0 bridgehead atoms. The summed E-state index contributed by atoms with van der Waals surface area (Å²) in [7, 11) is 0. The summed E-state index contributed by atoms with van der Waals surface area (Å²) in [6.07, 6.45) is 3.13. The first-order valence-corrected chi connectivity index (χ1v) is 8.47. The van der Waals surface area contributed by atoms with E-state index in [1.165, 1.54) is 6.08 Å². The summed E-state index contributed by atoms with van der Waals surface area (Å²) in [6, 6.07) is 21.4. The fraction of sp³-hybridized carbons (Fsp3) is 0.136. The van der Waals surface area contributed by atoms with Crippen LogP contribution in [0.3, 0.4) is 0 Å². The van der Waals surface area contributed by atoms with Crippen LogP contribution < -0.4 is 10.1 Å². The van der Waals surface area contributed by atoms with Crippen molar-refractivity contribution in [1.82, 2.24) is 5.32 Å². The quantitative estimate of drug-likeness (QED) is 0.640. The first-order chi connectivity index (χ1) is 12.7. The summed E-state index contributed by atoms with van der Waals surface area (Å²) in [5, 5.41) is 2.87. The van der Waals surface area contributed by atoms with E-state index in [9.17, 15) is 4.79 Å². The van der Waals surface area contributed by atoms with Crippen molar-refractivity contribution in [3.8, 4) is 5.75 Å². The molecule has 1 N–H and O–H groups in total. The normalized spacial score (nSPS) is 10.8. The Balaban J connectivity index is 1.50. The Hall–Kier alpha value is -3.27. The molecule has 26 heavy (non-hydrogen) atoms. The number of carbonyl (C=O) groups is 1. The van der Waals surface area contributed by atoms with E-state index in [0.29, 0.717) is 18.9 Å². The van der Waals surface area contributed by atoms with Gasteiger partial charge in [-0.25, -0.2) is 0 Å². The molecule has 0 radical (unpaired) electrons. The standard InChI is InChI=1S/C22H21NO3/c1-17-10-11-21(26-17)12-13-22(24)23-15-18-6-5-7-19(14-18)16-25-20-8-3-2-4-9-20/h2-14H,15-16H2,1H3,(H,23,24)/b13-12+. The topological polar surface area (TPSA) is 51.5 Å². The van der Waals surface area contributed by atoms with Crippen LogP contribution in [-0.4, -0.2) is 5.91 Å². The number of nitrogens with one attached hydrogen (secondary N) is 1. The molecule has 1 amide bonds. The highest BCUT2D eigenvalue weighted by molar-refractivity contribution is 5.91. The van der Waals surface area contributed by atoms with Crippen LogP contribution in [0.25, 0.3) is 6.08 Å². The van der Waals surface area contributed by atoms with Gasteiger partial charge in [-0.15, -0.1) is 0 Å². The third-order valence-corrected chi connectivity index (χ3v) is 3.77. The summed E-state index contributed by atoms with van der Waals surface area (Å²) in [4.78, 5) is 11.9. The fourth-order valence-electron chi connectivity index (χ4n) is 2.46. The number of hydrogen-bond donors (Lipinski definition) is 1. The number of para-hydroxylation sites is 1. The Labute approximate surface area is 153 Å². The molecular weight excluding hydrogens is 326 g/mol. The Kier molecular flexibility index (Phi) is 5.88. The molecule has 0 aliphatic carbocycles. The first-order valence-electron chi connectivity index (χ1n) is 8.47. The number of benzene rings is 2. The van der Waals surface area contributed by atoms with Gasteiger partial charge in [0.15, 0.2) is 0 Å². The van der Waals surface area contributed by atoms with Crippen molar-refractivity contribution in [1.29, 1.82) is 0 Å². The predicted octanol–water partition coefficient (Wildman–Crippen LogP) is 4.50. The molecule has 2 aromatic carbocycles. The zero-order chi connectivity index (χ0) is 18.2. The number of amides is 1. The molecule has 4 heteroatoms. The van der Waals surface area contributed by atoms with Gasteiger partial charge in [-0.3, -0.25) is 4.79 Å². The maximum atomic E-state index is 11.9. The smallest absolute Gasteiger partial charge is 0.244 e. The molecule has 1 aromatic heterocycles. The molecule has 0 fully saturated rings. The molecule has 3 rings (SSSR count). The fourth-order valence-corrected chi connectivity index (χ4v) is 2.46. The van der Waals surface area contributed by atoms with E-state index in [2.05, 4.69) is 5.32 Å². The van der Waals surface area contributed by atoms with Crippen molar-refractivity contribution in [2.75, 3.05) is 0 Å². The van der Waals surface area contributed by atoms with Crippen LogP contribution in [0.1, 0.15) is 22.6 Å². The molecule has 132 valence electrons. The molecule has 0 aliphatic rings. The average molecular weight is 347 g/mol. The number of ether oxygens (including phenoxy) is 1. The van der Waals surface area contributed by atoms with Gasteiger partial charge in [-0.2, -0.15) is 0 Å². The second-order valence-corrected chi connectivity index (χ2v) is 5.92. The van der Waals surface area contributed by atoms with Crippen molar-refractivity contribution < 1.29 is 13.9 Å². The Bertz CT molecular complexity index is 881. The van der Waals surface area contributed by atoms with Gasteiger partial charge in [0, 0.05) is 12.6 Å². The highest BCUT2D eigenvalue weighted by atomic mass is 16.5. The second-order valence-electron chi connectivity index (χ2n) is 5.92. The summed E-state index contributed by atoms with van der Waals surface area (Å²) in [5.41, 5.74) is 2.08. The van der Waals surface area contributed by atoms with E-state index in [0.717, 1.165) is 22.6 Å². The molecule has 1 heterocycles. The predicted molar refractivity (Wildman–Crippen MR) is 102 cm³/mol. The van der Waals surface area contributed by atoms with Gasteiger partial charge in [0.2, 0.25) is 5.91 Å². The van der Waals surface area contributed by atoms with Crippen molar-refractivity contribution >= 4 is 12.0 Å². The van der Waals surface area contributed by atoms with Crippen LogP contribution in [0, 0.1) is 6.92 Å². The molecule has 0 saturated heterocycles. The van der Waals surface area contributed by atoms with Crippen LogP contribution in [0.5, 0.6) is 5.75 Å². The summed E-state index contributed by atoms with van der Waals surface area (Å²) < 4.78 is 11.1. The van der Waals surface area contributed by atoms with E-state index < -0.39 is 0 Å². The van der Waals surface area contributed by atoms with E-state index >= 15 is 0 Å². The maximum Gasteiger partial charge on any atom is 0.244 e. The van der Waals surface area contributed by atoms with E-state index in [1.54, 1.807) is 6.08 Å². The van der Waals surface area contributed by atoms with E-state index in [-0.39, 0.29) is 5.91 Å². The van der Waals surface area contributed by atoms with Gasteiger partial charge in [-0.1, -0.05) is 42.5 Å². The summed E-state index contributed by atoms with van der Waals surface area (Å²) in [5.74, 6) is 2.16. The zero-order valence-electron chi connectivity index (χ0n) is 14.6. The lowest BCUT2D eigenvalue weighted by atomic mass is 10.1. The van der Waals surface area contributed by atoms with Crippen molar-refractivity contribution in [3.63, 3.8) is 0 Å². The van der Waals surface area contributed by atoms with Crippen molar-refractivity contribution in [2.45, 2.75) is 20.1 Å². The molecule has 0 spiro atoms. The van der Waals surface area contributed by atoms with Gasteiger partial charge >= 0.3 is 0 Å². The van der Waals surface area contributed by atoms with Gasteiger partial charge in [0.1, 0.15) is 23.9 Å². The van der Waals surface area contributed by atoms with E-state index in [4.69, 9.17) is 9.15 Å². The van der Waals surface area contributed by atoms with Gasteiger partial charge < -0.3 is 14.5 Å². The third-order valence-electron chi connectivity index (χ3n) is 3.77. The monoisotopic (exact) mass is 347 g/mol. The summed E-state index contributed by atoms with van der Waals surface area (Å²) in [6.45, 7) is 2.81. The van der Waals surface area contributed by atoms with Crippen LogP contribution >= 0.6 is 0 Å². The van der Waals surface area contributed by atoms with Crippen LogP contribution in [0.2, 0.25) is 0 Å². The molecule has 4 nitrogen and oxygen atoms in total. The van der Waals surface area contributed by atoms with Crippen molar-refractivity contribution in [2.24, 2.45) is 0 Å². The Morgan fingerprint density at radius 1 is 1.04 bits per heavy atom. The summed E-state index contributed by atoms with van der Waals surface area (Å²) >= 11 is 0. The molecule has 0 saturated carbocycles. The minimum atomic E-state index is -0.162. The molecule has 0 unspecified atom stereocenters. The highest BCUT2D eigenvalue weighted by Crippen LogP contribution is 2.13. The van der Waals surface area contributed by atoms with Crippen LogP contribution in [-0.2, 0) is 17.9 Å². The number of rotatable bonds is 7. The Morgan fingerprint density at radius 3 is 2.62 bits per heavy atom. The molecular formula is C22H21NO3. The van der Waals surface area contributed by atoms with Gasteiger partial charge in [0.05, 0.1) is 0 Å². The number of hydrogen-bond acceptors (Lipinski definition) is 3. The number of aryl methyl sites for hydroxylation is 1. The van der Waals surface area contributed by atoms with E-state index in [1.807, 2.05) is 73.7 Å². The lowest BCUT2D eigenvalue weighted by Gasteiger charge is -2.08. The number of carbonyl (C=O) groups excluding carboxylic acids is 1. The van der Waals surface area contributed by atoms with Crippen molar-refractivity contribution in [3.05, 3.63) is 95.5 Å². The molecule has 3 aromatic rings. The van der Waals surface area contributed by atoms with Gasteiger partial charge in [-0.05, 0) is 48.4 Å². The second kappa shape index (κ2) is 8.72. The maximum absolute atomic E-state index is 11.9. The lowest BCUT2D eigenvalue weighted by Crippen LogP contribution is -2.20. The Morgan fingerprint density at radius 2 is 1.85 bits per heavy atom. The molecule has 0 atom stereocenters. The molecule has 0 aliphatic heterocycles. The lowest BCUT2D eigenvalue weighted by molar-refractivity contribution is -0.116. The number of furan rings is 1. The zero-order valence-corrected chi connectivity index (χ0v) is 14.6. The minimum absolute atomic E-state index is 0.162. The third kappa shape index (κ3) is 5.38. The first kappa shape index (κ1) is 17.5. The average Bonchev–Trinajstić information content (AvgIpc) is 3.09.